The van der Waals surface area contributed by atoms with Crippen LogP contribution < -0.4 is 4.90 Å². The molecule has 0 amide bonds. The number of hydrogen-bond acceptors (Lipinski definition) is 4. The van der Waals surface area contributed by atoms with E-state index >= 15 is 0 Å². The van der Waals surface area contributed by atoms with Gasteiger partial charge in [0.2, 0.25) is 0 Å². The van der Waals surface area contributed by atoms with Crippen molar-refractivity contribution in [3.8, 4) is 0 Å². The molecular formula is C19H21FN2O3. The number of ether oxygens (including phenoxy) is 1. The van der Waals surface area contributed by atoms with Crippen molar-refractivity contribution in [1.82, 2.24) is 4.98 Å². The van der Waals surface area contributed by atoms with Crippen molar-refractivity contribution in [3.05, 3.63) is 52.1 Å². The molecule has 5 nitrogen and oxygen atoms in total. The fourth-order valence-corrected chi connectivity index (χ4v) is 3.50. The number of aromatic amines is 1. The quantitative estimate of drug-likeness (QED) is 0.683. The molecule has 0 aliphatic carbocycles. The minimum absolute atomic E-state index is 0.104. The molecular weight excluding hydrogens is 323 g/mol. The number of methoxy groups -OCH3 is 1. The van der Waals surface area contributed by atoms with Gasteiger partial charge in [-0.15, -0.1) is 0 Å². The first-order chi connectivity index (χ1) is 11.9. The largest absolute Gasteiger partial charge is 0.465 e. The first-order valence-corrected chi connectivity index (χ1v) is 8.26. The highest BCUT2D eigenvalue weighted by Gasteiger charge is 2.25. The molecule has 2 aromatic rings. The van der Waals surface area contributed by atoms with Crippen LogP contribution >= 0.6 is 0 Å². The summed E-state index contributed by atoms with van der Waals surface area (Å²) in [6, 6.07) is 4.68. The molecule has 25 heavy (non-hydrogen) atoms. The standard InChI is InChI=1S/C19H21FN2O3/c1-11-17(19(24)25-3)12(2)21-18(11)16(23)10-22-8-4-5-13-9-14(20)6-7-15(13)22/h6-7,9,21H,4-5,8,10H2,1-3H3. The van der Waals surface area contributed by atoms with Crippen molar-refractivity contribution >= 4 is 17.4 Å². The second kappa shape index (κ2) is 6.70. The Balaban J connectivity index is 1.86. The van der Waals surface area contributed by atoms with Gasteiger partial charge in [0.05, 0.1) is 24.9 Å². The van der Waals surface area contributed by atoms with Gasteiger partial charge in [-0.05, 0) is 56.0 Å². The Morgan fingerprint density at radius 3 is 2.80 bits per heavy atom. The van der Waals surface area contributed by atoms with E-state index in [0.717, 1.165) is 30.6 Å². The second-order valence-electron chi connectivity index (χ2n) is 6.34. The zero-order valence-corrected chi connectivity index (χ0v) is 14.6. The summed E-state index contributed by atoms with van der Waals surface area (Å²) in [6.45, 7) is 4.41. The van der Waals surface area contributed by atoms with Gasteiger partial charge in [0, 0.05) is 17.9 Å². The number of rotatable bonds is 4. The molecule has 0 spiro atoms. The summed E-state index contributed by atoms with van der Waals surface area (Å²) in [5, 5.41) is 0. The summed E-state index contributed by atoms with van der Waals surface area (Å²) in [6.07, 6.45) is 1.69. The fourth-order valence-electron chi connectivity index (χ4n) is 3.50. The fraction of sp³-hybridized carbons (Fsp3) is 0.368. The molecule has 0 atom stereocenters. The van der Waals surface area contributed by atoms with Crippen molar-refractivity contribution in [3.63, 3.8) is 0 Å². The number of Topliss-reactive ketones (excluding diaryl/α,β-unsaturated/α-hetero) is 1. The summed E-state index contributed by atoms with van der Waals surface area (Å²) in [5.74, 6) is -0.817. The van der Waals surface area contributed by atoms with E-state index in [4.69, 9.17) is 4.74 Å². The van der Waals surface area contributed by atoms with Crippen LogP contribution in [0, 0.1) is 19.7 Å². The molecule has 3 rings (SSSR count). The number of carbonyl (C=O) groups excluding carboxylic acids is 2. The lowest BCUT2D eigenvalue weighted by molar-refractivity contribution is 0.0599. The molecule has 1 aliphatic heterocycles. The van der Waals surface area contributed by atoms with Crippen LogP contribution in [0.2, 0.25) is 0 Å². The highest BCUT2D eigenvalue weighted by molar-refractivity contribution is 6.03. The predicted molar refractivity (Wildman–Crippen MR) is 92.9 cm³/mol. The summed E-state index contributed by atoms with van der Waals surface area (Å²) in [7, 11) is 1.32. The third kappa shape index (κ3) is 3.16. The maximum absolute atomic E-state index is 13.4. The van der Waals surface area contributed by atoms with E-state index in [1.54, 1.807) is 19.9 Å². The monoisotopic (exact) mass is 344 g/mol. The number of hydrogen-bond donors (Lipinski definition) is 1. The minimum atomic E-state index is -0.455. The highest BCUT2D eigenvalue weighted by Crippen LogP contribution is 2.28. The number of benzene rings is 1. The van der Waals surface area contributed by atoms with Crippen molar-refractivity contribution < 1.29 is 18.7 Å². The lowest BCUT2D eigenvalue weighted by Gasteiger charge is -2.30. The number of ketones is 1. The van der Waals surface area contributed by atoms with Gasteiger partial charge >= 0.3 is 5.97 Å². The first kappa shape index (κ1) is 17.2. The lowest BCUT2D eigenvalue weighted by Crippen LogP contribution is -2.34. The van der Waals surface area contributed by atoms with Gasteiger partial charge in [0.25, 0.3) is 0 Å². The van der Waals surface area contributed by atoms with Crippen LogP contribution in [0.3, 0.4) is 0 Å². The Morgan fingerprint density at radius 2 is 2.08 bits per heavy atom. The smallest absolute Gasteiger partial charge is 0.339 e. The summed E-state index contributed by atoms with van der Waals surface area (Å²) < 4.78 is 18.2. The molecule has 0 saturated carbocycles. The van der Waals surface area contributed by atoms with E-state index in [9.17, 15) is 14.0 Å². The summed E-state index contributed by atoms with van der Waals surface area (Å²) in [4.78, 5) is 29.6. The molecule has 1 aliphatic rings. The third-order valence-electron chi connectivity index (χ3n) is 4.70. The van der Waals surface area contributed by atoms with E-state index in [1.165, 1.54) is 19.2 Å². The summed E-state index contributed by atoms with van der Waals surface area (Å²) >= 11 is 0. The maximum atomic E-state index is 13.4. The Morgan fingerprint density at radius 1 is 1.32 bits per heavy atom. The van der Waals surface area contributed by atoms with E-state index in [0.29, 0.717) is 22.5 Å². The summed E-state index contributed by atoms with van der Waals surface area (Å²) in [5.41, 5.74) is 3.88. The van der Waals surface area contributed by atoms with Gasteiger partial charge in [0.1, 0.15) is 5.82 Å². The number of halogens is 1. The SMILES string of the molecule is COC(=O)c1c(C)[nH]c(C(=O)CN2CCCc3cc(F)ccc32)c1C. The maximum Gasteiger partial charge on any atom is 0.339 e. The van der Waals surface area contributed by atoms with Gasteiger partial charge < -0.3 is 14.6 Å². The molecule has 0 fully saturated rings. The Labute approximate surface area is 145 Å². The average molecular weight is 344 g/mol. The number of fused-ring (bicyclic) bond motifs is 1. The number of nitrogens with one attached hydrogen (secondary N) is 1. The zero-order valence-electron chi connectivity index (χ0n) is 14.6. The Hall–Kier alpha value is -2.63. The van der Waals surface area contributed by atoms with Crippen molar-refractivity contribution in [2.24, 2.45) is 0 Å². The molecule has 1 aromatic carbocycles. The van der Waals surface area contributed by atoms with Crippen LogP contribution in [-0.2, 0) is 11.2 Å². The van der Waals surface area contributed by atoms with Crippen LogP contribution in [0.25, 0.3) is 0 Å². The van der Waals surface area contributed by atoms with Crippen LogP contribution in [0.5, 0.6) is 0 Å². The van der Waals surface area contributed by atoms with Crippen LogP contribution in [0.15, 0.2) is 18.2 Å². The number of esters is 1. The molecule has 1 aromatic heterocycles. The molecule has 0 radical (unpaired) electrons. The Bertz CT molecular complexity index is 841. The number of aromatic nitrogens is 1. The van der Waals surface area contributed by atoms with Gasteiger partial charge in [-0.1, -0.05) is 0 Å². The molecule has 2 heterocycles. The normalized spacial score (nSPS) is 13.5. The Kier molecular flexibility index (Phi) is 4.61. The number of anilines is 1. The third-order valence-corrected chi connectivity index (χ3v) is 4.70. The molecule has 0 saturated heterocycles. The van der Waals surface area contributed by atoms with Crippen LogP contribution in [0.4, 0.5) is 10.1 Å². The van der Waals surface area contributed by atoms with Gasteiger partial charge in [-0.2, -0.15) is 0 Å². The van der Waals surface area contributed by atoms with Crippen molar-refractivity contribution in [2.75, 3.05) is 25.1 Å². The van der Waals surface area contributed by atoms with Gasteiger partial charge in [-0.25, -0.2) is 9.18 Å². The number of nitrogens with zero attached hydrogens (tertiary/aromatic N) is 1. The second-order valence-corrected chi connectivity index (χ2v) is 6.34. The molecule has 132 valence electrons. The minimum Gasteiger partial charge on any atom is -0.465 e. The topological polar surface area (TPSA) is 62.4 Å². The average Bonchev–Trinajstić information content (AvgIpc) is 2.88. The predicted octanol–water partition coefficient (Wildman–Crippen LogP) is 3.19. The number of H-pyrrole nitrogens is 1. The van der Waals surface area contributed by atoms with E-state index < -0.39 is 5.97 Å². The molecule has 1 N–H and O–H groups in total. The zero-order chi connectivity index (χ0) is 18.1. The van der Waals surface area contributed by atoms with E-state index in [2.05, 4.69) is 4.98 Å². The number of carbonyl (C=O) groups is 2. The van der Waals surface area contributed by atoms with E-state index in [-0.39, 0.29) is 18.1 Å². The lowest BCUT2D eigenvalue weighted by atomic mass is 10.0. The van der Waals surface area contributed by atoms with Crippen LogP contribution in [0.1, 0.15) is 44.1 Å². The van der Waals surface area contributed by atoms with Crippen molar-refractivity contribution in [1.29, 1.82) is 0 Å². The van der Waals surface area contributed by atoms with Crippen molar-refractivity contribution in [2.45, 2.75) is 26.7 Å². The first-order valence-electron chi connectivity index (χ1n) is 8.26. The molecule has 0 unspecified atom stereocenters. The van der Waals surface area contributed by atoms with Gasteiger partial charge in [-0.3, -0.25) is 4.79 Å². The molecule has 0 bridgehead atoms. The molecule has 6 heteroatoms. The highest BCUT2D eigenvalue weighted by atomic mass is 19.1. The van der Waals surface area contributed by atoms with Crippen LogP contribution in [-0.4, -0.2) is 36.9 Å². The number of aryl methyl sites for hydroxylation is 2. The van der Waals surface area contributed by atoms with E-state index in [1.807, 2.05) is 4.90 Å². The van der Waals surface area contributed by atoms with Gasteiger partial charge in [0.15, 0.2) is 5.78 Å².